The Hall–Kier alpha value is -4.33. The first-order chi connectivity index (χ1) is 17.0. The molecule has 2 aromatic carbocycles. The highest BCUT2D eigenvalue weighted by Crippen LogP contribution is 2.25. The number of benzene rings is 2. The summed E-state index contributed by atoms with van der Waals surface area (Å²) in [5, 5.41) is 7.53. The molecule has 2 heterocycles. The summed E-state index contributed by atoms with van der Waals surface area (Å²) in [6.07, 6.45) is 2.33. The van der Waals surface area contributed by atoms with E-state index in [1.165, 1.54) is 12.1 Å². The van der Waals surface area contributed by atoms with Crippen LogP contribution >= 0.6 is 0 Å². The Morgan fingerprint density at radius 2 is 1.83 bits per heavy atom. The van der Waals surface area contributed by atoms with E-state index in [0.717, 1.165) is 5.69 Å². The van der Waals surface area contributed by atoms with Crippen molar-refractivity contribution in [3.63, 3.8) is 0 Å². The van der Waals surface area contributed by atoms with Gasteiger partial charge >= 0.3 is 5.97 Å². The lowest BCUT2D eigenvalue weighted by atomic mass is 10.1. The van der Waals surface area contributed by atoms with Crippen molar-refractivity contribution in [2.45, 2.75) is 26.3 Å². The van der Waals surface area contributed by atoms with Crippen LogP contribution in [0.15, 0.2) is 79.0 Å². The van der Waals surface area contributed by atoms with E-state index in [9.17, 15) is 14.0 Å². The van der Waals surface area contributed by atoms with E-state index in [1.54, 1.807) is 54.2 Å². The first kappa shape index (κ1) is 23.8. The van der Waals surface area contributed by atoms with Crippen LogP contribution in [0.25, 0.3) is 16.9 Å². The van der Waals surface area contributed by atoms with Crippen molar-refractivity contribution in [3.8, 4) is 16.9 Å². The zero-order chi connectivity index (χ0) is 24.6. The molecule has 4 aromatic rings. The van der Waals surface area contributed by atoms with Crippen molar-refractivity contribution >= 4 is 11.9 Å². The fourth-order valence-corrected chi connectivity index (χ4v) is 3.58. The van der Waals surface area contributed by atoms with Crippen LogP contribution in [0.2, 0.25) is 0 Å². The number of aromatic nitrogens is 3. The molecule has 178 valence electrons. The molecule has 0 radical (unpaired) electrons. The van der Waals surface area contributed by atoms with Crippen LogP contribution in [-0.2, 0) is 22.5 Å². The van der Waals surface area contributed by atoms with Gasteiger partial charge in [-0.2, -0.15) is 5.10 Å². The minimum atomic E-state index is -0.401. The summed E-state index contributed by atoms with van der Waals surface area (Å²) in [6.45, 7) is 2.40. The van der Waals surface area contributed by atoms with Crippen molar-refractivity contribution in [3.05, 3.63) is 102 Å². The number of halogens is 1. The Bertz CT molecular complexity index is 1300. The largest absolute Gasteiger partial charge is 0.462 e. The quantitative estimate of drug-likeness (QED) is 0.363. The van der Waals surface area contributed by atoms with Gasteiger partial charge in [0, 0.05) is 24.6 Å². The van der Waals surface area contributed by atoms with Gasteiger partial charge in [0.25, 0.3) is 0 Å². The molecule has 0 saturated heterocycles. The number of nitrogens with one attached hydrogen (secondary N) is 1. The van der Waals surface area contributed by atoms with Gasteiger partial charge in [0.05, 0.1) is 41.5 Å². The summed E-state index contributed by atoms with van der Waals surface area (Å²) < 4.78 is 20.7. The molecule has 0 aliphatic rings. The van der Waals surface area contributed by atoms with Crippen molar-refractivity contribution in [1.82, 2.24) is 20.1 Å². The summed E-state index contributed by atoms with van der Waals surface area (Å²) in [4.78, 5) is 28.5. The minimum Gasteiger partial charge on any atom is -0.462 e. The third kappa shape index (κ3) is 6.17. The smallest absolute Gasteiger partial charge is 0.338 e. The normalized spacial score (nSPS) is 10.7. The molecule has 0 aliphatic carbocycles. The first-order valence-electron chi connectivity index (χ1n) is 11.3. The van der Waals surface area contributed by atoms with Crippen LogP contribution < -0.4 is 5.32 Å². The molecule has 7 nitrogen and oxygen atoms in total. The Labute approximate surface area is 202 Å². The number of rotatable bonds is 9. The predicted molar refractivity (Wildman–Crippen MR) is 129 cm³/mol. The Balaban J connectivity index is 1.53. The number of aryl methyl sites for hydroxylation is 1. The van der Waals surface area contributed by atoms with Crippen LogP contribution in [0.1, 0.15) is 35.1 Å². The molecule has 0 aliphatic heterocycles. The summed E-state index contributed by atoms with van der Waals surface area (Å²) in [6, 6.07) is 20.5. The van der Waals surface area contributed by atoms with E-state index in [1.807, 2.05) is 24.3 Å². The molecular weight excluding hydrogens is 447 g/mol. The molecule has 4 rings (SSSR count). The van der Waals surface area contributed by atoms with E-state index in [-0.39, 0.29) is 18.1 Å². The van der Waals surface area contributed by atoms with Crippen molar-refractivity contribution < 1.29 is 18.7 Å². The molecule has 8 heteroatoms. The van der Waals surface area contributed by atoms with Crippen molar-refractivity contribution in [2.75, 3.05) is 6.61 Å². The lowest BCUT2D eigenvalue weighted by Crippen LogP contribution is -2.23. The second-order valence-corrected chi connectivity index (χ2v) is 7.81. The highest BCUT2D eigenvalue weighted by molar-refractivity contribution is 5.89. The molecule has 35 heavy (non-hydrogen) atoms. The molecule has 0 unspecified atom stereocenters. The maximum absolute atomic E-state index is 13.9. The second-order valence-electron chi connectivity index (χ2n) is 7.81. The number of hydrogen-bond donors (Lipinski definition) is 1. The van der Waals surface area contributed by atoms with Crippen LogP contribution in [-0.4, -0.2) is 33.2 Å². The van der Waals surface area contributed by atoms with E-state index in [4.69, 9.17) is 4.74 Å². The average molecular weight is 473 g/mol. The number of ether oxygens (including phenoxy) is 1. The fourth-order valence-electron chi connectivity index (χ4n) is 3.58. The van der Waals surface area contributed by atoms with E-state index >= 15 is 0 Å². The van der Waals surface area contributed by atoms with Gasteiger partial charge in [-0.3, -0.25) is 9.78 Å². The number of carbonyl (C=O) groups is 2. The Morgan fingerprint density at radius 1 is 1.00 bits per heavy atom. The van der Waals surface area contributed by atoms with Gasteiger partial charge in [-0.25, -0.2) is 13.9 Å². The fraction of sp³-hybridized carbons (Fsp3) is 0.185. The lowest BCUT2D eigenvalue weighted by molar-refractivity contribution is -0.121. The standard InChI is InChI=1S/C27H25FN4O3/c1-2-35-27(34)19-9-12-24(13-10-19)32-25(20-6-5-7-21(28)16-20)17-22(31-32)11-14-26(33)30-18-23-8-3-4-15-29-23/h3-10,12-13,15-17H,2,11,14,18H2,1H3,(H,30,33). The highest BCUT2D eigenvalue weighted by atomic mass is 19.1. The van der Waals surface area contributed by atoms with Crippen LogP contribution in [0, 0.1) is 5.82 Å². The Morgan fingerprint density at radius 3 is 2.54 bits per heavy atom. The van der Waals surface area contributed by atoms with Crippen LogP contribution in [0.5, 0.6) is 0 Å². The van der Waals surface area contributed by atoms with Gasteiger partial charge in [-0.15, -0.1) is 0 Å². The molecule has 0 atom stereocenters. The van der Waals surface area contributed by atoms with Gasteiger partial charge in [0.15, 0.2) is 0 Å². The summed E-state index contributed by atoms with van der Waals surface area (Å²) in [7, 11) is 0. The average Bonchev–Trinajstić information content (AvgIpc) is 3.31. The maximum atomic E-state index is 13.9. The molecule has 1 N–H and O–H groups in total. The third-order valence-corrected chi connectivity index (χ3v) is 5.30. The third-order valence-electron chi connectivity index (χ3n) is 5.30. The minimum absolute atomic E-state index is 0.115. The number of carbonyl (C=O) groups excluding carboxylic acids is 2. The number of pyridine rings is 1. The molecular formula is C27H25FN4O3. The molecule has 2 aromatic heterocycles. The summed E-state index contributed by atoms with van der Waals surface area (Å²) >= 11 is 0. The molecule has 0 fully saturated rings. The summed E-state index contributed by atoms with van der Waals surface area (Å²) in [5.74, 6) is -0.873. The van der Waals surface area contributed by atoms with Gasteiger partial charge < -0.3 is 10.1 Å². The number of nitrogens with zero attached hydrogens (tertiary/aromatic N) is 3. The van der Waals surface area contributed by atoms with Crippen LogP contribution in [0.4, 0.5) is 4.39 Å². The monoisotopic (exact) mass is 472 g/mol. The predicted octanol–water partition coefficient (Wildman–Crippen LogP) is 4.50. The van der Waals surface area contributed by atoms with Gasteiger partial charge in [0.2, 0.25) is 5.91 Å². The van der Waals surface area contributed by atoms with Gasteiger partial charge in [0.1, 0.15) is 5.82 Å². The van der Waals surface area contributed by atoms with Gasteiger partial charge in [-0.1, -0.05) is 18.2 Å². The van der Waals surface area contributed by atoms with Crippen molar-refractivity contribution in [2.24, 2.45) is 0 Å². The maximum Gasteiger partial charge on any atom is 0.338 e. The topological polar surface area (TPSA) is 86.1 Å². The lowest BCUT2D eigenvalue weighted by Gasteiger charge is -2.09. The molecule has 0 spiro atoms. The zero-order valence-electron chi connectivity index (χ0n) is 19.3. The van der Waals surface area contributed by atoms with Crippen molar-refractivity contribution in [1.29, 1.82) is 0 Å². The second kappa shape index (κ2) is 11.2. The number of esters is 1. The molecule has 0 bridgehead atoms. The van der Waals surface area contributed by atoms with E-state index in [2.05, 4.69) is 15.4 Å². The highest BCUT2D eigenvalue weighted by Gasteiger charge is 2.15. The molecule has 0 saturated carbocycles. The van der Waals surface area contributed by atoms with E-state index in [0.29, 0.717) is 47.8 Å². The summed E-state index contributed by atoms with van der Waals surface area (Å²) in [5.41, 5.74) is 3.93. The SMILES string of the molecule is CCOC(=O)c1ccc(-n2nc(CCC(=O)NCc3ccccn3)cc2-c2cccc(F)c2)cc1. The van der Waals surface area contributed by atoms with E-state index < -0.39 is 5.97 Å². The Kier molecular flexibility index (Phi) is 7.62. The molecule has 1 amide bonds. The first-order valence-corrected chi connectivity index (χ1v) is 11.3. The number of hydrogen-bond acceptors (Lipinski definition) is 5. The van der Waals surface area contributed by atoms with Crippen LogP contribution in [0.3, 0.4) is 0 Å². The zero-order valence-corrected chi connectivity index (χ0v) is 19.3. The number of amides is 1. The van der Waals surface area contributed by atoms with Gasteiger partial charge in [-0.05, 0) is 61.5 Å².